The summed E-state index contributed by atoms with van der Waals surface area (Å²) in [6.45, 7) is -0.853. The number of imide groups is 1. The summed E-state index contributed by atoms with van der Waals surface area (Å²) < 4.78 is 10.2. The van der Waals surface area contributed by atoms with E-state index in [0.717, 1.165) is 4.90 Å². The van der Waals surface area contributed by atoms with E-state index in [2.05, 4.69) is 0 Å². The fraction of sp³-hybridized carbons (Fsp3) is 0.150. The number of hydrogen-bond donors (Lipinski definition) is 1. The first kappa shape index (κ1) is 18.3. The highest BCUT2D eigenvalue weighted by atomic mass is 16.5. The molecule has 2 aromatic carbocycles. The van der Waals surface area contributed by atoms with Crippen molar-refractivity contribution in [3.8, 4) is 0 Å². The SMILES string of the molecule is COC(=O)c1ccc2c(c1)N(C(=O)CO)C(=O)/C2=C(/OC)c1ccccc1. The second-order valence-corrected chi connectivity index (χ2v) is 5.69. The summed E-state index contributed by atoms with van der Waals surface area (Å²) in [4.78, 5) is 37.9. The second-order valence-electron chi connectivity index (χ2n) is 5.69. The van der Waals surface area contributed by atoms with Gasteiger partial charge in [-0.3, -0.25) is 9.59 Å². The smallest absolute Gasteiger partial charge is 0.337 e. The molecule has 0 fully saturated rings. The average molecular weight is 367 g/mol. The zero-order valence-electron chi connectivity index (χ0n) is 14.8. The monoisotopic (exact) mass is 367 g/mol. The first-order valence-corrected chi connectivity index (χ1v) is 8.08. The van der Waals surface area contributed by atoms with Crippen molar-refractivity contribution < 1.29 is 29.0 Å². The van der Waals surface area contributed by atoms with Crippen molar-refractivity contribution in [3.05, 3.63) is 65.2 Å². The van der Waals surface area contributed by atoms with Crippen LogP contribution in [0, 0.1) is 0 Å². The van der Waals surface area contributed by atoms with Crippen LogP contribution in [-0.2, 0) is 19.1 Å². The van der Waals surface area contributed by atoms with Gasteiger partial charge in [-0.15, -0.1) is 0 Å². The molecule has 0 saturated carbocycles. The zero-order chi connectivity index (χ0) is 19.6. The Morgan fingerprint density at radius 3 is 2.30 bits per heavy atom. The Labute approximate surface area is 155 Å². The molecule has 0 aromatic heterocycles. The molecule has 1 heterocycles. The van der Waals surface area contributed by atoms with Gasteiger partial charge in [0.25, 0.3) is 11.8 Å². The summed E-state index contributed by atoms with van der Waals surface area (Å²) in [5.74, 6) is -1.75. The topological polar surface area (TPSA) is 93.1 Å². The van der Waals surface area contributed by atoms with Gasteiger partial charge in [0.1, 0.15) is 12.4 Å². The summed E-state index contributed by atoms with van der Waals surface area (Å²) >= 11 is 0. The van der Waals surface area contributed by atoms with E-state index in [0.29, 0.717) is 16.9 Å². The van der Waals surface area contributed by atoms with Crippen LogP contribution in [0.15, 0.2) is 48.5 Å². The molecule has 0 spiro atoms. The minimum absolute atomic E-state index is 0.178. The lowest BCUT2D eigenvalue weighted by atomic mass is 10.0. The molecule has 7 heteroatoms. The third kappa shape index (κ3) is 3.09. The summed E-state index contributed by atoms with van der Waals surface area (Å²) in [5, 5.41) is 9.28. The minimum atomic E-state index is -0.853. The van der Waals surface area contributed by atoms with Gasteiger partial charge in [-0.1, -0.05) is 36.4 Å². The highest BCUT2D eigenvalue weighted by molar-refractivity contribution is 6.43. The van der Waals surface area contributed by atoms with Crippen LogP contribution in [0.5, 0.6) is 0 Å². The maximum absolute atomic E-state index is 13.0. The lowest BCUT2D eigenvalue weighted by Gasteiger charge is -2.14. The average Bonchev–Trinajstić information content (AvgIpc) is 2.99. The van der Waals surface area contributed by atoms with Gasteiger partial charge in [0.2, 0.25) is 0 Å². The molecule has 0 aliphatic carbocycles. The van der Waals surface area contributed by atoms with Gasteiger partial charge >= 0.3 is 5.97 Å². The van der Waals surface area contributed by atoms with Crippen LogP contribution < -0.4 is 4.90 Å². The summed E-state index contributed by atoms with van der Waals surface area (Å²) in [6, 6.07) is 13.4. The number of aliphatic hydroxyl groups excluding tert-OH is 1. The van der Waals surface area contributed by atoms with Crippen LogP contribution >= 0.6 is 0 Å². The molecule has 3 rings (SSSR count). The predicted molar refractivity (Wildman–Crippen MR) is 97.6 cm³/mol. The number of fused-ring (bicyclic) bond motifs is 1. The summed E-state index contributed by atoms with van der Waals surface area (Å²) in [7, 11) is 2.67. The van der Waals surface area contributed by atoms with Gasteiger partial charge in [0.05, 0.1) is 31.0 Å². The number of amides is 2. The van der Waals surface area contributed by atoms with Crippen LogP contribution in [0.1, 0.15) is 21.5 Å². The first-order valence-electron chi connectivity index (χ1n) is 8.08. The van der Waals surface area contributed by atoms with Crippen molar-refractivity contribution in [2.24, 2.45) is 0 Å². The van der Waals surface area contributed by atoms with E-state index in [1.807, 2.05) is 6.07 Å². The van der Waals surface area contributed by atoms with E-state index in [9.17, 15) is 19.5 Å². The van der Waals surface area contributed by atoms with Gasteiger partial charge in [-0.05, 0) is 12.1 Å². The van der Waals surface area contributed by atoms with Crippen molar-refractivity contribution >= 4 is 34.8 Å². The number of methoxy groups -OCH3 is 2. The van der Waals surface area contributed by atoms with Crippen LogP contribution in [0.2, 0.25) is 0 Å². The number of ether oxygens (including phenoxy) is 2. The Kier molecular flexibility index (Phi) is 5.05. The Hall–Kier alpha value is -3.45. The molecule has 2 amide bonds. The van der Waals surface area contributed by atoms with E-state index in [4.69, 9.17) is 9.47 Å². The van der Waals surface area contributed by atoms with Gasteiger partial charge < -0.3 is 14.6 Å². The number of benzene rings is 2. The molecule has 138 valence electrons. The number of aliphatic hydroxyl groups is 1. The second kappa shape index (κ2) is 7.43. The Bertz CT molecular complexity index is 948. The standard InChI is InChI=1S/C20H17NO6/c1-26-18(12-6-4-3-5-7-12)17-14-9-8-13(20(25)27-2)10-15(14)21(19(17)24)16(23)11-22/h3-10,22H,11H2,1-2H3/b18-17+. The number of rotatable bonds is 4. The predicted octanol–water partition coefficient (Wildman–Crippen LogP) is 1.85. The zero-order valence-corrected chi connectivity index (χ0v) is 14.8. The number of nitrogens with zero attached hydrogens (tertiary/aromatic N) is 1. The molecule has 1 aliphatic heterocycles. The van der Waals surface area contributed by atoms with Crippen molar-refractivity contribution in [2.45, 2.75) is 0 Å². The molecular formula is C20H17NO6. The molecule has 1 N–H and O–H groups in total. The summed E-state index contributed by atoms with van der Waals surface area (Å²) in [6.07, 6.45) is 0. The van der Waals surface area contributed by atoms with Crippen LogP contribution in [-0.4, -0.2) is 43.7 Å². The Morgan fingerprint density at radius 2 is 1.70 bits per heavy atom. The largest absolute Gasteiger partial charge is 0.495 e. The molecule has 0 unspecified atom stereocenters. The van der Waals surface area contributed by atoms with Gasteiger partial charge in [0.15, 0.2) is 0 Å². The molecule has 0 saturated heterocycles. The fourth-order valence-electron chi connectivity index (χ4n) is 3.00. The fourth-order valence-corrected chi connectivity index (χ4v) is 3.00. The molecule has 2 aromatic rings. The van der Waals surface area contributed by atoms with Crippen LogP contribution in [0.4, 0.5) is 5.69 Å². The number of esters is 1. The molecule has 0 atom stereocenters. The maximum atomic E-state index is 13.0. The highest BCUT2D eigenvalue weighted by Crippen LogP contribution is 2.41. The van der Waals surface area contributed by atoms with Gasteiger partial charge in [-0.2, -0.15) is 0 Å². The van der Waals surface area contributed by atoms with Crippen molar-refractivity contribution in [3.63, 3.8) is 0 Å². The van der Waals surface area contributed by atoms with Crippen LogP contribution in [0.3, 0.4) is 0 Å². The first-order chi connectivity index (χ1) is 13.0. The van der Waals surface area contributed by atoms with E-state index in [1.165, 1.54) is 26.4 Å². The third-order valence-electron chi connectivity index (χ3n) is 4.20. The molecule has 0 bridgehead atoms. The highest BCUT2D eigenvalue weighted by Gasteiger charge is 2.39. The van der Waals surface area contributed by atoms with Gasteiger partial charge in [-0.25, -0.2) is 9.69 Å². The van der Waals surface area contributed by atoms with E-state index in [-0.39, 0.29) is 16.8 Å². The Balaban J connectivity index is 2.27. The van der Waals surface area contributed by atoms with Crippen molar-refractivity contribution in [2.75, 3.05) is 25.7 Å². The van der Waals surface area contributed by atoms with Crippen molar-refractivity contribution in [1.82, 2.24) is 0 Å². The number of hydrogen-bond acceptors (Lipinski definition) is 6. The minimum Gasteiger partial charge on any atom is -0.495 e. The molecular weight excluding hydrogens is 350 g/mol. The molecule has 7 nitrogen and oxygen atoms in total. The molecule has 27 heavy (non-hydrogen) atoms. The van der Waals surface area contributed by atoms with E-state index >= 15 is 0 Å². The quantitative estimate of drug-likeness (QED) is 0.504. The lowest BCUT2D eigenvalue weighted by molar-refractivity contribution is -0.125. The normalized spacial score (nSPS) is 14.6. The lowest BCUT2D eigenvalue weighted by Crippen LogP contribution is -2.35. The maximum Gasteiger partial charge on any atom is 0.337 e. The van der Waals surface area contributed by atoms with E-state index in [1.54, 1.807) is 30.3 Å². The summed E-state index contributed by atoms with van der Waals surface area (Å²) in [5.41, 5.74) is 1.64. The molecule has 0 radical (unpaired) electrons. The number of carbonyl (C=O) groups excluding carboxylic acids is 3. The number of anilines is 1. The third-order valence-corrected chi connectivity index (χ3v) is 4.20. The van der Waals surface area contributed by atoms with E-state index < -0.39 is 24.4 Å². The Morgan fingerprint density at radius 1 is 1.00 bits per heavy atom. The van der Waals surface area contributed by atoms with Crippen LogP contribution in [0.25, 0.3) is 11.3 Å². The molecule has 1 aliphatic rings. The van der Waals surface area contributed by atoms with Crippen molar-refractivity contribution in [1.29, 1.82) is 0 Å². The van der Waals surface area contributed by atoms with Gasteiger partial charge in [0, 0.05) is 11.1 Å². The number of carbonyl (C=O) groups is 3.